The molecule has 0 aliphatic carbocycles. The lowest BCUT2D eigenvalue weighted by molar-refractivity contribution is -0.113. The molecule has 24 heavy (non-hydrogen) atoms. The third-order valence-electron chi connectivity index (χ3n) is 3.26. The van der Waals surface area contributed by atoms with Crippen molar-refractivity contribution in [3.8, 4) is 0 Å². The Labute approximate surface area is 157 Å². The van der Waals surface area contributed by atoms with Gasteiger partial charge in [0.2, 0.25) is 11.8 Å². The lowest BCUT2D eigenvalue weighted by atomic mass is 10.1. The molecule has 1 aliphatic rings. The smallest absolute Gasteiger partial charge is 0.234 e. The molecule has 0 unspecified atom stereocenters. The summed E-state index contributed by atoms with van der Waals surface area (Å²) in [7, 11) is 0. The molecular formula is C17H14BrClN2O2S. The largest absolute Gasteiger partial charge is 0.475 e. The van der Waals surface area contributed by atoms with E-state index in [2.05, 4.69) is 26.2 Å². The van der Waals surface area contributed by atoms with E-state index in [0.29, 0.717) is 41.1 Å². The fourth-order valence-electron chi connectivity index (χ4n) is 2.17. The molecule has 2 aromatic carbocycles. The minimum Gasteiger partial charge on any atom is -0.475 e. The molecular weight excluding hydrogens is 412 g/mol. The van der Waals surface area contributed by atoms with Crippen LogP contribution in [0.5, 0.6) is 0 Å². The molecule has 7 heteroatoms. The monoisotopic (exact) mass is 424 g/mol. The Morgan fingerprint density at radius 1 is 1.29 bits per heavy atom. The van der Waals surface area contributed by atoms with Gasteiger partial charge in [0.15, 0.2) is 0 Å². The Kier molecular flexibility index (Phi) is 5.81. The molecule has 1 amide bonds. The normalized spacial score (nSPS) is 13.3. The second-order valence-electron chi connectivity index (χ2n) is 5.02. The lowest BCUT2D eigenvalue weighted by Gasteiger charge is -2.11. The summed E-state index contributed by atoms with van der Waals surface area (Å²) in [4.78, 5) is 17.6. The number of ether oxygens (including phenoxy) is 1. The highest BCUT2D eigenvalue weighted by Gasteiger charge is 2.17. The number of thioether (sulfide) groups is 1. The Hall–Kier alpha value is -1.50. The zero-order valence-corrected chi connectivity index (χ0v) is 15.7. The summed E-state index contributed by atoms with van der Waals surface area (Å²) in [5.41, 5.74) is 1.36. The van der Waals surface area contributed by atoms with Gasteiger partial charge in [0, 0.05) is 14.4 Å². The fourth-order valence-corrected chi connectivity index (χ4v) is 3.30. The maximum atomic E-state index is 12.2. The summed E-state index contributed by atoms with van der Waals surface area (Å²) in [5.74, 6) is 0.746. The van der Waals surface area contributed by atoms with E-state index in [1.54, 1.807) is 18.2 Å². The number of aliphatic imine (C=N–C) groups is 1. The molecule has 2 aromatic rings. The van der Waals surface area contributed by atoms with Gasteiger partial charge in [-0.05, 0) is 42.5 Å². The van der Waals surface area contributed by atoms with Crippen molar-refractivity contribution < 1.29 is 9.53 Å². The van der Waals surface area contributed by atoms with Crippen LogP contribution in [0.4, 0.5) is 5.69 Å². The van der Waals surface area contributed by atoms with Gasteiger partial charge in [-0.25, -0.2) is 4.99 Å². The lowest BCUT2D eigenvalue weighted by Crippen LogP contribution is -2.17. The van der Waals surface area contributed by atoms with Crippen LogP contribution >= 0.6 is 39.3 Å². The number of carbonyl (C=O) groups excluding carboxylic acids is 1. The molecule has 0 saturated carbocycles. The summed E-state index contributed by atoms with van der Waals surface area (Å²) in [6.07, 6.45) is 0. The minimum atomic E-state index is -0.0925. The van der Waals surface area contributed by atoms with E-state index < -0.39 is 0 Å². The van der Waals surface area contributed by atoms with Crippen molar-refractivity contribution in [2.75, 3.05) is 24.2 Å². The topological polar surface area (TPSA) is 50.7 Å². The van der Waals surface area contributed by atoms with Gasteiger partial charge in [-0.1, -0.05) is 27.5 Å². The summed E-state index contributed by atoms with van der Waals surface area (Å²) in [6, 6.07) is 13.1. The van der Waals surface area contributed by atoms with Crippen LogP contribution in [-0.4, -0.2) is 30.7 Å². The van der Waals surface area contributed by atoms with Gasteiger partial charge in [0.1, 0.15) is 6.61 Å². The van der Waals surface area contributed by atoms with E-state index in [-0.39, 0.29) is 5.91 Å². The highest BCUT2D eigenvalue weighted by atomic mass is 79.9. The Morgan fingerprint density at radius 3 is 2.79 bits per heavy atom. The molecule has 0 spiro atoms. The van der Waals surface area contributed by atoms with Crippen LogP contribution in [0.1, 0.15) is 5.56 Å². The number of halogens is 2. The zero-order chi connectivity index (χ0) is 16.9. The molecule has 3 rings (SSSR count). The van der Waals surface area contributed by atoms with E-state index in [1.165, 1.54) is 11.8 Å². The quantitative estimate of drug-likeness (QED) is 0.712. The average molecular weight is 426 g/mol. The van der Waals surface area contributed by atoms with Crippen molar-refractivity contribution in [1.29, 1.82) is 0 Å². The molecule has 0 radical (unpaired) electrons. The highest BCUT2D eigenvalue weighted by Crippen LogP contribution is 2.25. The Bertz CT molecular complexity index is 781. The number of hydrogen-bond donors (Lipinski definition) is 1. The van der Waals surface area contributed by atoms with E-state index in [1.807, 2.05) is 24.3 Å². The molecule has 0 bridgehead atoms. The molecule has 1 aliphatic heterocycles. The Balaban J connectivity index is 1.66. The third-order valence-corrected chi connectivity index (χ3v) is 5.03. The van der Waals surface area contributed by atoms with Gasteiger partial charge in [-0.3, -0.25) is 4.79 Å². The number of rotatable bonds is 5. The van der Waals surface area contributed by atoms with Gasteiger partial charge in [-0.2, -0.15) is 0 Å². The first-order chi connectivity index (χ1) is 11.6. The molecule has 1 N–H and O–H groups in total. The average Bonchev–Trinajstić information content (AvgIpc) is 3.10. The van der Waals surface area contributed by atoms with Gasteiger partial charge < -0.3 is 10.1 Å². The van der Waals surface area contributed by atoms with Crippen LogP contribution in [0, 0.1) is 0 Å². The summed E-state index contributed by atoms with van der Waals surface area (Å²) < 4.78 is 6.50. The molecule has 0 atom stereocenters. The maximum Gasteiger partial charge on any atom is 0.234 e. The zero-order valence-electron chi connectivity index (χ0n) is 12.6. The van der Waals surface area contributed by atoms with E-state index in [4.69, 9.17) is 16.3 Å². The number of nitrogens with zero attached hydrogens (tertiary/aromatic N) is 1. The summed E-state index contributed by atoms with van der Waals surface area (Å²) in [6.45, 7) is 1.17. The minimum absolute atomic E-state index is 0.0925. The number of amides is 1. The van der Waals surface area contributed by atoms with Gasteiger partial charge in [-0.15, -0.1) is 11.8 Å². The van der Waals surface area contributed by atoms with Gasteiger partial charge in [0.25, 0.3) is 0 Å². The van der Waals surface area contributed by atoms with Crippen molar-refractivity contribution in [2.45, 2.75) is 4.90 Å². The standard InChI is InChI=1S/C17H14BrClN2O2S/c18-11-1-4-13(5-2-11)24-10-16(22)21-15-6-3-12(19)9-14(15)17-20-7-8-23-17/h1-6,9H,7-8,10H2,(H,21,22). The molecule has 4 nitrogen and oxygen atoms in total. The van der Waals surface area contributed by atoms with Crippen LogP contribution in [0.15, 0.2) is 56.8 Å². The SMILES string of the molecule is O=C(CSc1ccc(Br)cc1)Nc1ccc(Cl)cc1C1=NCCO1. The molecule has 124 valence electrons. The van der Waals surface area contributed by atoms with Crippen molar-refractivity contribution in [1.82, 2.24) is 0 Å². The van der Waals surface area contributed by atoms with Crippen molar-refractivity contribution in [3.63, 3.8) is 0 Å². The van der Waals surface area contributed by atoms with Crippen molar-refractivity contribution in [3.05, 3.63) is 57.5 Å². The number of carbonyl (C=O) groups is 1. The first kappa shape index (κ1) is 17.3. The highest BCUT2D eigenvalue weighted by molar-refractivity contribution is 9.10. The molecule has 1 heterocycles. The number of anilines is 1. The maximum absolute atomic E-state index is 12.2. The van der Waals surface area contributed by atoms with E-state index in [0.717, 1.165) is 9.37 Å². The van der Waals surface area contributed by atoms with E-state index in [9.17, 15) is 4.79 Å². The predicted octanol–water partition coefficient (Wildman–Crippen LogP) is 4.61. The van der Waals surface area contributed by atoms with Crippen LogP contribution < -0.4 is 5.32 Å². The molecule has 0 fully saturated rings. The van der Waals surface area contributed by atoms with Gasteiger partial charge in [0.05, 0.1) is 23.5 Å². The first-order valence-electron chi connectivity index (χ1n) is 7.27. The first-order valence-corrected chi connectivity index (χ1v) is 9.43. The Morgan fingerprint density at radius 2 is 2.08 bits per heavy atom. The fraction of sp³-hybridized carbons (Fsp3) is 0.176. The third kappa shape index (κ3) is 4.53. The second-order valence-corrected chi connectivity index (χ2v) is 7.42. The van der Waals surface area contributed by atoms with Crippen molar-refractivity contribution >= 4 is 56.8 Å². The van der Waals surface area contributed by atoms with E-state index >= 15 is 0 Å². The second kappa shape index (κ2) is 8.05. The van der Waals surface area contributed by atoms with Crippen LogP contribution in [-0.2, 0) is 9.53 Å². The molecule has 0 aromatic heterocycles. The predicted molar refractivity (Wildman–Crippen MR) is 102 cm³/mol. The number of nitrogens with one attached hydrogen (secondary N) is 1. The number of benzene rings is 2. The van der Waals surface area contributed by atoms with Crippen LogP contribution in [0.3, 0.4) is 0 Å². The summed E-state index contributed by atoms with van der Waals surface area (Å²) in [5, 5.41) is 3.48. The van der Waals surface area contributed by atoms with Gasteiger partial charge >= 0.3 is 0 Å². The summed E-state index contributed by atoms with van der Waals surface area (Å²) >= 11 is 10.9. The van der Waals surface area contributed by atoms with Crippen LogP contribution in [0.2, 0.25) is 5.02 Å². The molecule has 0 saturated heterocycles. The van der Waals surface area contributed by atoms with Crippen molar-refractivity contribution in [2.24, 2.45) is 4.99 Å². The number of hydrogen-bond acceptors (Lipinski definition) is 4. The van der Waals surface area contributed by atoms with Crippen LogP contribution in [0.25, 0.3) is 0 Å².